The van der Waals surface area contributed by atoms with Crippen molar-refractivity contribution in [3.8, 4) is 0 Å². The van der Waals surface area contributed by atoms with Gasteiger partial charge < -0.3 is 4.74 Å². The van der Waals surface area contributed by atoms with Gasteiger partial charge in [0.05, 0.1) is 0 Å². The molecule has 0 unspecified atom stereocenters. The van der Waals surface area contributed by atoms with E-state index in [2.05, 4.69) is 20.8 Å². The third kappa shape index (κ3) is 2.50. The number of ether oxygens (including phenoxy) is 1. The maximum atomic E-state index is 5.15. The van der Waals surface area contributed by atoms with Crippen molar-refractivity contribution in [2.75, 3.05) is 13.7 Å². The van der Waals surface area contributed by atoms with E-state index >= 15 is 0 Å². The minimum atomic E-state index is 0.527. The zero-order valence-corrected chi connectivity index (χ0v) is 10.4. The second kappa shape index (κ2) is 4.65. The van der Waals surface area contributed by atoms with E-state index < -0.39 is 0 Å². The van der Waals surface area contributed by atoms with Crippen molar-refractivity contribution in [3.63, 3.8) is 0 Å². The lowest BCUT2D eigenvalue weighted by atomic mass is 9.57. The molecule has 0 N–H and O–H groups in total. The molecule has 0 bridgehead atoms. The van der Waals surface area contributed by atoms with E-state index in [1.54, 1.807) is 7.11 Å². The standard InChI is InChI=1S/C13H26O/c1-12(2)8-5-6-9-13(12,3)10-7-11-14-4/h5-11H2,1-4H3/t13-/m0/s1. The van der Waals surface area contributed by atoms with Gasteiger partial charge in [0.1, 0.15) is 0 Å². The molecule has 1 fully saturated rings. The molecular weight excluding hydrogens is 172 g/mol. The van der Waals surface area contributed by atoms with Crippen LogP contribution in [-0.4, -0.2) is 13.7 Å². The van der Waals surface area contributed by atoms with Gasteiger partial charge in [0.2, 0.25) is 0 Å². The molecule has 0 saturated heterocycles. The molecule has 0 spiro atoms. The van der Waals surface area contributed by atoms with Crippen LogP contribution in [0, 0.1) is 10.8 Å². The minimum Gasteiger partial charge on any atom is -0.385 e. The molecule has 1 nitrogen and oxygen atoms in total. The summed E-state index contributed by atoms with van der Waals surface area (Å²) in [7, 11) is 1.80. The Bertz CT molecular complexity index is 174. The second-order valence-corrected chi connectivity index (χ2v) is 5.75. The van der Waals surface area contributed by atoms with Gasteiger partial charge in [0.15, 0.2) is 0 Å². The Labute approximate surface area is 89.2 Å². The van der Waals surface area contributed by atoms with E-state index in [9.17, 15) is 0 Å². The predicted molar refractivity (Wildman–Crippen MR) is 61.5 cm³/mol. The Kier molecular flexibility index (Phi) is 4.00. The van der Waals surface area contributed by atoms with Crippen molar-refractivity contribution in [2.45, 2.75) is 59.3 Å². The first-order valence-electron chi connectivity index (χ1n) is 6.01. The number of hydrogen-bond acceptors (Lipinski definition) is 1. The van der Waals surface area contributed by atoms with Gasteiger partial charge in [-0.15, -0.1) is 0 Å². The van der Waals surface area contributed by atoms with Gasteiger partial charge in [0.25, 0.3) is 0 Å². The topological polar surface area (TPSA) is 9.23 Å². The highest BCUT2D eigenvalue weighted by Crippen LogP contribution is 2.52. The van der Waals surface area contributed by atoms with Crippen molar-refractivity contribution >= 4 is 0 Å². The summed E-state index contributed by atoms with van der Waals surface area (Å²) in [4.78, 5) is 0. The quantitative estimate of drug-likeness (QED) is 0.620. The van der Waals surface area contributed by atoms with Crippen LogP contribution in [0.3, 0.4) is 0 Å². The third-order valence-corrected chi connectivity index (χ3v) is 4.49. The molecule has 0 heterocycles. The number of rotatable bonds is 4. The number of hydrogen-bond donors (Lipinski definition) is 0. The maximum absolute atomic E-state index is 5.15. The Morgan fingerprint density at radius 2 is 1.71 bits per heavy atom. The predicted octanol–water partition coefficient (Wildman–Crippen LogP) is 4.02. The lowest BCUT2D eigenvalue weighted by Gasteiger charge is -2.48. The number of methoxy groups -OCH3 is 1. The first-order valence-corrected chi connectivity index (χ1v) is 6.01. The summed E-state index contributed by atoms with van der Waals surface area (Å²) < 4.78 is 5.15. The lowest BCUT2D eigenvalue weighted by Crippen LogP contribution is -2.38. The molecule has 1 heteroatoms. The van der Waals surface area contributed by atoms with Gasteiger partial charge in [-0.1, -0.05) is 33.6 Å². The molecule has 0 aromatic rings. The molecule has 0 amide bonds. The second-order valence-electron chi connectivity index (χ2n) is 5.75. The lowest BCUT2D eigenvalue weighted by molar-refractivity contribution is 0.0169. The molecule has 0 aromatic carbocycles. The van der Waals surface area contributed by atoms with Crippen LogP contribution >= 0.6 is 0 Å². The molecule has 0 radical (unpaired) electrons. The fourth-order valence-electron chi connectivity index (χ4n) is 2.79. The van der Waals surface area contributed by atoms with E-state index in [1.165, 1.54) is 38.5 Å². The summed E-state index contributed by atoms with van der Waals surface area (Å²) in [5.74, 6) is 0. The van der Waals surface area contributed by atoms with Crippen LogP contribution < -0.4 is 0 Å². The Balaban J connectivity index is 2.51. The van der Waals surface area contributed by atoms with E-state index in [4.69, 9.17) is 4.74 Å². The molecule has 0 aliphatic heterocycles. The van der Waals surface area contributed by atoms with E-state index in [0.717, 1.165) is 6.61 Å². The molecule has 0 aromatic heterocycles. The molecule has 84 valence electrons. The first kappa shape index (κ1) is 12.0. The van der Waals surface area contributed by atoms with E-state index in [-0.39, 0.29) is 0 Å². The van der Waals surface area contributed by atoms with Gasteiger partial charge in [-0.25, -0.2) is 0 Å². The summed E-state index contributed by atoms with van der Waals surface area (Å²) in [5.41, 5.74) is 1.07. The summed E-state index contributed by atoms with van der Waals surface area (Å²) in [6, 6.07) is 0. The van der Waals surface area contributed by atoms with Gasteiger partial charge in [-0.05, 0) is 36.5 Å². The maximum Gasteiger partial charge on any atom is 0.0462 e. The zero-order chi connectivity index (χ0) is 10.7. The van der Waals surface area contributed by atoms with E-state index in [1.807, 2.05) is 0 Å². The van der Waals surface area contributed by atoms with Gasteiger partial charge in [0, 0.05) is 13.7 Å². The summed E-state index contributed by atoms with van der Waals surface area (Å²) in [5, 5.41) is 0. The summed E-state index contributed by atoms with van der Waals surface area (Å²) in [6.07, 6.45) is 8.20. The highest BCUT2D eigenvalue weighted by molar-refractivity contribution is 4.92. The summed E-state index contributed by atoms with van der Waals surface area (Å²) in [6.45, 7) is 8.28. The van der Waals surface area contributed by atoms with Crippen molar-refractivity contribution in [3.05, 3.63) is 0 Å². The molecular formula is C13H26O. The smallest absolute Gasteiger partial charge is 0.0462 e. The van der Waals surface area contributed by atoms with Gasteiger partial charge in [-0.2, -0.15) is 0 Å². The molecule has 1 aliphatic carbocycles. The Hall–Kier alpha value is -0.0400. The van der Waals surface area contributed by atoms with Crippen molar-refractivity contribution in [1.29, 1.82) is 0 Å². The van der Waals surface area contributed by atoms with E-state index in [0.29, 0.717) is 10.8 Å². The fourth-order valence-corrected chi connectivity index (χ4v) is 2.79. The highest BCUT2D eigenvalue weighted by atomic mass is 16.5. The Morgan fingerprint density at radius 1 is 1.07 bits per heavy atom. The summed E-state index contributed by atoms with van der Waals surface area (Å²) >= 11 is 0. The van der Waals surface area contributed by atoms with Crippen molar-refractivity contribution in [2.24, 2.45) is 10.8 Å². The average molecular weight is 198 g/mol. The molecule has 1 rings (SSSR count). The van der Waals surface area contributed by atoms with Crippen molar-refractivity contribution < 1.29 is 4.74 Å². The fraction of sp³-hybridized carbons (Fsp3) is 1.00. The van der Waals surface area contributed by atoms with Crippen LogP contribution in [-0.2, 0) is 4.74 Å². The average Bonchev–Trinajstić information content (AvgIpc) is 2.11. The van der Waals surface area contributed by atoms with Gasteiger partial charge >= 0.3 is 0 Å². The molecule has 1 aliphatic rings. The largest absolute Gasteiger partial charge is 0.385 e. The zero-order valence-electron chi connectivity index (χ0n) is 10.4. The van der Waals surface area contributed by atoms with Crippen LogP contribution in [0.25, 0.3) is 0 Å². The Morgan fingerprint density at radius 3 is 2.29 bits per heavy atom. The van der Waals surface area contributed by atoms with Crippen LogP contribution in [0.2, 0.25) is 0 Å². The van der Waals surface area contributed by atoms with Crippen LogP contribution in [0.1, 0.15) is 59.3 Å². The normalized spacial score (nSPS) is 31.7. The van der Waals surface area contributed by atoms with Crippen LogP contribution in [0.15, 0.2) is 0 Å². The minimum absolute atomic E-state index is 0.527. The monoisotopic (exact) mass is 198 g/mol. The third-order valence-electron chi connectivity index (χ3n) is 4.49. The molecule has 1 atom stereocenters. The van der Waals surface area contributed by atoms with Crippen LogP contribution in [0.4, 0.5) is 0 Å². The van der Waals surface area contributed by atoms with Crippen LogP contribution in [0.5, 0.6) is 0 Å². The highest BCUT2D eigenvalue weighted by Gasteiger charge is 2.41. The van der Waals surface area contributed by atoms with Crippen molar-refractivity contribution in [1.82, 2.24) is 0 Å². The SMILES string of the molecule is COCCC[C@]1(C)CCCCC1(C)C. The molecule has 14 heavy (non-hydrogen) atoms. The first-order chi connectivity index (χ1) is 6.52. The molecule has 1 saturated carbocycles. The van der Waals surface area contributed by atoms with Gasteiger partial charge in [-0.3, -0.25) is 0 Å².